The fraction of sp³-hybridized carbons (Fsp3) is 0.409. The number of rotatable bonds is 5. The Morgan fingerprint density at radius 1 is 1.28 bits per heavy atom. The van der Waals surface area contributed by atoms with Crippen LogP contribution in [0.1, 0.15) is 45.5 Å². The maximum Gasteiger partial charge on any atom is 0.224 e. The fourth-order valence-electron chi connectivity index (χ4n) is 3.99. The van der Waals surface area contributed by atoms with Crippen LogP contribution in [0.4, 0.5) is 10.3 Å². The lowest BCUT2D eigenvalue weighted by molar-refractivity contribution is 0.600. The van der Waals surface area contributed by atoms with E-state index < -0.39 is 0 Å². The van der Waals surface area contributed by atoms with Crippen molar-refractivity contribution in [1.82, 2.24) is 24.5 Å². The number of anilines is 1. The number of imidazole rings is 1. The maximum atomic E-state index is 14.9. The number of benzene rings is 1. The topological polar surface area (TPSA) is 71.4 Å². The number of nitrogens with zero attached hydrogens (tertiary/aromatic N) is 4. The summed E-state index contributed by atoms with van der Waals surface area (Å²) in [7, 11) is 0. The van der Waals surface area contributed by atoms with Crippen molar-refractivity contribution < 1.29 is 4.39 Å². The molecule has 0 aliphatic heterocycles. The molecule has 1 saturated carbocycles. The van der Waals surface area contributed by atoms with Crippen LogP contribution >= 0.6 is 0 Å². The van der Waals surface area contributed by atoms with Crippen LogP contribution in [0.15, 0.2) is 24.5 Å². The molecule has 6 nitrogen and oxygen atoms in total. The van der Waals surface area contributed by atoms with Gasteiger partial charge in [-0.1, -0.05) is 6.92 Å². The van der Waals surface area contributed by atoms with Gasteiger partial charge in [-0.15, -0.1) is 0 Å². The van der Waals surface area contributed by atoms with E-state index in [1.54, 1.807) is 12.3 Å². The van der Waals surface area contributed by atoms with Gasteiger partial charge in [0.15, 0.2) is 5.82 Å². The van der Waals surface area contributed by atoms with Gasteiger partial charge in [-0.2, -0.15) is 4.98 Å². The number of fused-ring (bicyclic) bond motifs is 2. The lowest BCUT2D eigenvalue weighted by atomic mass is 10.1. The second-order valence-corrected chi connectivity index (χ2v) is 8.77. The number of aromatic amines is 1. The Morgan fingerprint density at radius 2 is 2.07 bits per heavy atom. The lowest BCUT2D eigenvalue weighted by Crippen LogP contribution is -2.13. The maximum absolute atomic E-state index is 14.9. The second kappa shape index (κ2) is 6.27. The SMILES string of the molecule is Cc1nc2c(F)cc(-c3c[nH]c4nc(NCC5(C)CC5)ncc34)cc2n1C(C)C. The summed E-state index contributed by atoms with van der Waals surface area (Å²) in [5.41, 5.74) is 4.01. The van der Waals surface area contributed by atoms with E-state index in [4.69, 9.17) is 0 Å². The average molecular weight is 392 g/mol. The Balaban J connectivity index is 1.56. The highest BCUT2D eigenvalue weighted by Crippen LogP contribution is 2.44. The molecule has 1 aliphatic rings. The quantitative estimate of drug-likeness (QED) is 0.489. The molecular weight excluding hydrogens is 367 g/mol. The van der Waals surface area contributed by atoms with E-state index in [2.05, 4.69) is 50.6 Å². The van der Waals surface area contributed by atoms with Crippen molar-refractivity contribution >= 4 is 28.0 Å². The Morgan fingerprint density at radius 3 is 2.79 bits per heavy atom. The van der Waals surface area contributed by atoms with E-state index in [0.29, 0.717) is 16.9 Å². The molecule has 4 aromatic rings. The highest BCUT2D eigenvalue weighted by molar-refractivity contribution is 5.96. The van der Waals surface area contributed by atoms with Gasteiger partial charge in [-0.3, -0.25) is 0 Å². The summed E-state index contributed by atoms with van der Waals surface area (Å²) in [6.07, 6.45) is 6.17. The Hall–Kier alpha value is -2.96. The van der Waals surface area contributed by atoms with Crippen LogP contribution in [-0.4, -0.2) is 31.0 Å². The van der Waals surface area contributed by atoms with Crippen molar-refractivity contribution in [2.24, 2.45) is 5.41 Å². The molecule has 1 aromatic carbocycles. The van der Waals surface area contributed by atoms with Crippen LogP contribution < -0.4 is 5.32 Å². The first kappa shape index (κ1) is 18.1. The molecule has 29 heavy (non-hydrogen) atoms. The third-order valence-corrected chi connectivity index (χ3v) is 5.96. The molecule has 1 fully saturated rings. The Bertz CT molecular complexity index is 1230. The van der Waals surface area contributed by atoms with Crippen molar-refractivity contribution in [2.75, 3.05) is 11.9 Å². The van der Waals surface area contributed by atoms with Crippen LogP contribution in [0, 0.1) is 18.2 Å². The minimum Gasteiger partial charge on any atom is -0.354 e. The van der Waals surface area contributed by atoms with Gasteiger partial charge >= 0.3 is 0 Å². The van der Waals surface area contributed by atoms with E-state index in [9.17, 15) is 4.39 Å². The van der Waals surface area contributed by atoms with E-state index >= 15 is 0 Å². The van der Waals surface area contributed by atoms with E-state index in [1.807, 2.05) is 19.2 Å². The van der Waals surface area contributed by atoms with E-state index in [-0.39, 0.29) is 11.9 Å². The molecule has 5 rings (SSSR count). The summed E-state index contributed by atoms with van der Waals surface area (Å²) in [6.45, 7) is 9.21. The number of H-pyrrole nitrogens is 1. The smallest absolute Gasteiger partial charge is 0.224 e. The third kappa shape index (κ3) is 3.05. The third-order valence-electron chi connectivity index (χ3n) is 5.96. The highest BCUT2D eigenvalue weighted by atomic mass is 19.1. The standard InChI is InChI=1S/C22H25FN6/c1-12(2)29-13(3)27-19-17(23)7-14(8-18(19)29)15-9-24-20-16(15)10-25-21(28-20)26-11-22(4)5-6-22/h7-10,12H,5-6,11H2,1-4H3,(H2,24,25,26,28). The largest absolute Gasteiger partial charge is 0.354 e. The van der Waals surface area contributed by atoms with Crippen molar-refractivity contribution in [3.8, 4) is 11.1 Å². The molecule has 0 spiro atoms. The van der Waals surface area contributed by atoms with Gasteiger partial charge in [0.1, 0.15) is 17.0 Å². The van der Waals surface area contributed by atoms with Crippen molar-refractivity contribution in [3.63, 3.8) is 0 Å². The molecule has 3 aromatic heterocycles. The molecule has 150 valence electrons. The van der Waals surface area contributed by atoms with Crippen molar-refractivity contribution in [1.29, 1.82) is 0 Å². The molecular formula is C22H25FN6. The first-order chi connectivity index (χ1) is 13.8. The summed E-state index contributed by atoms with van der Waals surface area (Å²) in [5.74, 6) is 1.12. The Labute approximate surface area is 168 Å². The number of hydrogen-bond donors (Lipinski definition) is 2. The van der Waals surface area contributed by atoms with Gasteiger partial charge in [0.25, 0.3) is 0 Å². The van der Waals surface area contributed by atoms with Gasteiger partial charge in [0.05, 0.1) is 5.52 Å². The van der Waals surface area contributed by atoms with Crippen LogP contribution in [0.3, 0.4) is 0 Å². The summed E-state index contributed by atoms with van der Waals surface area (Å²) in [6, 6.07) is 3.74. The summed E-state index contributed by atoms with van der Waals surface area (Å²) in [4.78, 5) is 16.7. The Kier molecular flexibility index (Phi) is 3.91. The monoisotopic (exact) mass is 392 g/mol. The molecule has 0 radical (unpaired) electrons. The molecule has 0 bridgehead atoms. The van der Waals surface area contributed by atoms with Gasteiger partial charge in [-0.05, 0) is 56.7 Å². The minimum absolute atomic E-state index is 0.197. The molecule has 0 amide bonds. The van der Waals surface area contributed by atoms with Crippen molar-refractivity contribution in [3.05, 3.63) is 36.2 Å². The number of aromatic nitrogens is 5. The van der Waals surface area contributed by atoms with Crippen LogP contribution in [0.2, 0.25) is 0 Å². The molecule has 2 N–H and O–H groups in total. The molecule has 1 aliphatic carbocycles. The summed E-state index contributed by atoms with van der Waals surface area (Å²) >= 11 is 0. The number of aryl methyl sites for hydroxylation is 1. The molecule has 3 heterocycles. The molecule has 0 saturated heterocycles. The zero-order valence-electron chi connectivity index (χ0n) is 17.2. The van der Waals surface area contributed by atoms with Crippen molar-refractivity contribution in [2.45, 2.75) is 46.6 Å². The van der Waals surface area contributed by atoms with Gasteiger partial charge < -0.3 is 14.9 Å². The molecule has 0 atom stereocenters. The molecule has 7 heteroatoms. The fourth-order valence-corrected chi connectivity index (χ4v) is 3.99. The zero-order chi connectivity index (χ0) is 20.3. The number of halogens is 1. The average Bonchev–Trinajstić information content (AvgIpc) is 3.11. The predicted octanol–water partition coefficient (Wildman–Crippen LogP) is 5.22. The van der Waals surface area contributed by atoms with Gasteiger partial charge in [-0.25, -0.2) is 14.4 Å². The summed E-state index contributed by atoms with van der Waals surface area (Å²) in [5, 5.41) is 4.20. The zero-order valence-corrected chi connectivity index (χ0v) is 17.2. The van der Waals surface area contributed by atoms with Crippen LogP contribution in [-0.2, 0) is 0 Å². The van der Waals surface area contributed by atoms with Gasteiger partial charge in [0, 0.05) is 35.9 Å². The van der Waals surface area contributed by atoms with E-state index in [1.165, 1.54) is 12.8 Å². The number of nitrogens with one attached hydrogen (secondary N) is 2. The first-order valence-corrected chi connectivity index (χ1v) is 10.1. The molecule has 0 unspecified atom stereocenters. The van der Waals surface area contributed by atoms with Crippen LogP contribution in [0.25, 0.3) is 33.2 Å². The predicted molar refractivity (Wildman–Crippen MR) is 114 cm³/mol. The van der Waals surface area contributed by atoms with Crippen LogP contribution in [0.5, 0.6) is 0 Å². The lowest BCUT2D eigenvalue weighted by Gasteiger charge is -2.11. The first-order valence-electron chi connectivity index (χ1n) is 10.1. The van der Waals surface area contributed by atoms with Gasteiger partial charge in [0.2, 0.25) is 5.95 Å². The number of hydrogen-bond acceptors (Lipinski definition) is 4. The van der Waals surface area contributed by atoms with E-state index in [0.717, 1.165) is 40.0 Å². The minimum atomic E-state index is -0.314. The summed E-state index contributed by atoms with van der Waals surface area (Å²) < 4.78 is 16.9. The normalized spacial score (nSPS) is 15.5. The highest BCUT2D eigenvalue weighted by Gasteiger charge is 2.37. The second-order valence-electron chi connectivity index (χ2n) is 8.77.